The van der Waals surface area contributed by atoms with Gasteiger partial charge in [-0.15, -0.1) is 0 Å². The summed E-state index contributed by atoms with van der Waals surface area (Å²) in [6.07, 6.45) is 8.84. The van der Waals surface area contributed by atoms with Gasteiger partial charge in [-0.25, -0.2) is 24.9 Å². The molecule has 6 heteroatoms. The molecule has 0 fully saturated rings. The predicted molar refractivity (Wildman–Crippen MR) is 70.5 cm³/mol. The molecule has 86 valence electrons. The van der Waals surface area contributed by atoms with Crippen molar-refractivity contribution >= 4 is 30.0 Å². The third-order valence-corrected chi connectivity index (χ3v) is 2.89. The van der Waals surface area contributed by atoms with Crippen molar-refractivity contribution < 1.29 is 0 Å². The molecule has 0 bridgehead atoms. The largest absolute Gasteiger partial charge is 0.361 e. The highest BCUT2D eigenvalue weighted by Gasteiger charge is 2.31. The van der Waals surface area contributed by atoms with Crippen LogP contribution in [0.5, 0.6) is 0 Å². The van der Waals surface area contributed by atoms with Crippen molar-refractivity contribution in [2.75, 3.05) is 0 Å². The Morgan fingerprint density at radius 3 is 2.89 bits per heavy atom. The number of aliphatic imine (C=N–C) groups is 4. The Balaban J connectivity index is 1.93. The molecule has 0 saturated heterocycles. The van der Waals surface area contributed by atoms with Crippen molar-refractivity contribution in [2.24, 2.45) is 20.0 Å². The van der Waals surface area contributed by atoms with Crippen LogP contribution < -0.4 is 0 Å². The highest BCUT2D eigenvalue weighted by atomic mass is 15.4. The zero-order valence-corrected chi connectivity index (χ0v) is 9.28. The molecule has 18 heavy (non-hydrogen) atoms. The summed E-state index contributed by atoms with van der Waals surface area (Å²) in [7, 11) is 0. The Kier molecular flexibility index (Phi) is 1.74. The number of amidine groups is 1. The van der Waals surface area contributed by atoms with Gasteiger partial charge in [0.05, 0.1) is 0 Å². The van der Waals surface area contributed by atoms with Crippen molar-refractivity contribution in [3.05, 3.63) is 42.0 Å². The summed E-state index contributed by atoms with van der Waals surface area (Å²) in [5.74, 6) is 2.17. The third-order valence-electron chi connectivity index (χ3n) is 2.89. The molecule has 0 aromatic carbocycles. The molecule has 0 spiro atoms. The smallest absolute Gasteiger partial charge is 0.240 e. The van der Waals surface area contributed by atoms with Gasteiger partial charge in [0.15, 0.2) is 5.84 Å². The standard InChI is InChI=1S/C12H8N6/c1-2-9(13-5-1)8-3-4-10-14-6-16-12-17-7-15-11(8)18(10)12/h1-7,13H. The molecular weight excluding hydrogens is 228 g/mol. The SMILES string of the molecule is C1=NC2=CC=C(c3ccc[nH]3)C3=NC=NC(=N1)N23. The van der Waals surface area contributed by atoms with Gasteiger partial charge in [-0.05, 0) is 24.3 Å². The first-order valence-electron chi connectivity index (χ1n) is 5.50. The lowest BCUT2D eigenvalue weighted by Gasteiger charge is -2.31. The fraction of sp³-hybridized carbons (Fsp3) is 0. The number of nitrogens with one attached hydrogen (secondary N) is 1. The Morgan fingerprint density at radius 2 is 2.00 bits per heavy atom. The third kappa shape index (κ3) is 1.17. The molecule has 1 aromatic heterocycles. The maximum Gasteiger partial charge on any atom is 0.240 e. The van der Waals surface area contributed by atoms with Gasteiger partial charge in [0.1, 0.15) is 18.5 Å². The van der Waals surface area contributed by atoms with Crippen LogP contribution >= 0.6 is 0 Å². The van der Waals surface area contributed by atoms with Crippen LogP contribution in [0.4, 0.5) is 0 Å². The molecule has 1 aromatic rings. The van der Waals surface area contributed by atoms with E-state index in [0.717, 1.165) is 22.9 Å². The lowest BCUT2D eigenvalue weighted by atomic mass is 10.1. The summed E-state index contributed by atoms with van der Waals surface area (Å²) in [4.78, 5) is 21.9. The Labute approximate surface area is 103 Å². The molecule has 0 radical (unpaired) electrons. The van der Waals surface area contributed by atoms with Crippen LogP contribution in [-0.2, 0) is 0 Å². The molecule has 4 rings (SSSR count). The highest BCUT2D eigenvalue weighted by molar-refractivity contribution is 6.31. The van der Waals surface area contributed by atoms with Crippen molar-refractivity contribution in [1.29, 1.82) is 0 Å². The summed E-state index contributed by atoms with van der Waals surface area (Å²) < 4.78 is 0. The maximum absolute atomic E-state index is 4.34. The van der Waals surface area contributed by atoms with Crippen LogP contribution in [-0.4, -0.2) is 34.4 Å². The minimum absolute atomic E-state index is 0.596. The highest BCUT2D eigenvalue weighted by Crippen LogP contribution is 2.28. The number of allylic oxidation sites excluding steroid dienone is 2. The van der Waals surface area contributed by atoms with E-state index in [-0.39, 0.29) is 0 Å². The summed E-state index contributed by atoms with van der Waals surface area (Å²) in [5.41, 5.74) is 2.01. The lowest BCUT2D eigenvalue weighted by Crippen LogP contribution is -2.40. The van der Waals surface area contributed by atoms with E-state index < -0.39 is 0 Å². The Morgan fingerprint density at radius 1 is 1.06 bits per heavy atom. The van der Waals surface area contributed by atoms with Crippen LogP contribution in [0.3, 0.4) is 0 Å². The minimum atomic E-state index is 0.596. The van der Waals surface area contributed by atoms with Crippen molar-refractivity contribution in [1.82, 2.24) is 9.88 Å². The van der Waals surface area contributed by atoms with Crippen LogP contribution in [0.25, 0.3) is 5.57 Å². The van der Waals surface area contributed by atoms with Crippen LogP contribution in [0, 0.1) is 0 Å². The molecule has 4 heterocycles. The van der Waals surface area contributed by atoms with E-state index >= 15 is 0 Å². The lowest BCUT2D eigenvalue weighted by molar-refractivity contribution is 0.718. The molecule has 0 saturated carbocycles. The molecule has 0 amide bonds. The van der Waals surface area contributed by atoms with E-state index in [1.807, 2.05) is 35.4 Å². The maximum atomic E-state index is 4.34. The minimum Gasteiger partial charge on any atom is -0.361 e. The average Bonchev–Trinajstić information content (AvgIpc) is 2.94. The Bertz CT molecular complexity index is 684. The zero-order chi connectivity index (χ0) is 11.9. The van der Waals surface area contributed by atoms with E-state index in [1.165, 1.54) is 12.7 Å². The normalized spacial score (nSPS) is 19.9. The van der Waals surface area contributed by atoms with E-state index in [0.29, 0.717) is 5.96 Å². The van der Waals surface area contributed by atoms with Crippen LogP contribution in [0.2, 0.25) is 0 Å². The number of aromatic amines is 1. The first-order chi connectivity index (χ1) is 8.93. The van der Waals surface area contributed by atoms with Gasteiger partial charge in [0.2, 0.25) is 5.96 Å². The molecule has 0 unspecified atom stereocenters. The zero-order valence-electron chi connectivity index (χ0n) is 9.28. The van der Waals surface area contributed by atoms with Crippen LogP contribution in [0.1, 0.15) is 5.69 Å². The summed E-state index contributed by atoms with van der Waals surface area (Å²) in [5, 5.41) is 0. The molecule has 3 aliphatic heterocycles. The number of hydrogen-bond acceptors (Lipinski definition) is 5. The molecule has 0 atom stereocenters. The van der Waals surface area contributed by atoms with Gasteiger partial charge >= 0.3 is 0 Å². The second-order valence-electron chi connectivity index (χ2n) is 3.90. The Hall–Kier alpha value is -2.76. The molecule has 0 aliphatic carbocycles. The first kappa shape index (κ1) is 9.29. The topological polar surface area (TPSA) is 68.5 Å². The molecule has 6 nitrogen and oxygen atoms in total. The fourth-order valence-electron chi connectivity index (χ4n) is 2.09. The van der Waals surface area contributed by atoms with E-state index in [1.54, 1.807) is 0 Å². The fourth-order valence-corrected chi connectivity index (χ4v) is 2.09. The number of guanidine groups is 1. The van der Waals surface area contributed by atoms with E-state index in [9.17, 15) is 0 Å². The quantitative estimate of drug-likeness (QED) is 0.786. The predicted octanol–water partition coefficient (Wildman–Crippen LogP) is 1.39. The number of aromatic nitrogens is 1. The van der Waals surface area contributed by atoms with Crippen molar-refractivity contribution in [2.45, 2.75) is 0 Å². The molecule has 3 aliphatic rings. The molecule has 1 N–H and O–H groups in total. The average molecular weight is 236 g/mol. The first-order valence-corrected chi connectivity index (χ1v) is 5.50. The van der Waals surface area contributed by atoms with Gasteiger partial charge in [-0.2, -0.15) is 0 Å². The summed E-state index contributed by atoms with van der Waals surface area (Å²) in [6, 6.07) is 3.96. The monoisotopic (exact) mass is 236 g/mol. The van der Waals surface area contributed by atoms with Crippen molar-refractivity contribution in [3.8, 4) is 0 Å². The molecular formula is C12H8N6. The van der Waals surface area contributed by atoms with Gasteiger partial charge in [-0.3, -0.25) is 0 Å². The summed E-state index contributed by atoms with van der Waals surface area (Å²) in [6.45, 7) is 0. The van der Waals surface area contributed by atoms with Gasteiger partial charge in [0.25, 0.3) is 0 Å². The summed E-state index contributed by atoms with van der Waals surface area (Å²) >= 11 is 0. The number of rotatable bonds is 1. The second kappa shape index (κ2) is 3.36. The van der Waals surface area contributed by atoms with Gasteiger partial charge < -0.3 is 4.98 Å². The number of H-pyrrole nitrogens is 1. The van der Waals surface area contributed by atoms with Gasteiger partial charge in [-0.1, -0.05) is 0 Å². The second-order valence-corrected chi connectivity index (χ2v) is 3.90. The van der Waals surface area contributed by atoms with Gasteiger partial charge in [0, 0.05) is 17.5 Å². The van der Waals surface area contributed by atoms with E-state index in [2.05, 4.69) is 25.0 Å². The number of hydrogen-bond donors (Lipinski definition) is 1. The van der Waals surface area contributed by atoms with Crippen molar-refractivity contribution in [3.63, 3.8) is 0 Å². The van der Waals surface area contributed by atoms with Crippen LogP contribution in [0.15, 0.2) is 56.3 Å². The number of nitrogens with zero attached hydrogens (tertiary/aromatic N) is 5. The van der Waals surface area contributed by atoms with E-state index in [4.69, 9.17) is 0 Å².